The number of hydrogen-bond acceptors (Lipinski definition) is 6. The van der Waals surface area contributed by atoms with Gasteiger partial charge in [-0.05, 0) is 37.3 Å². The molecule has 2 N–H and O–H groups in total. The van der Waals surface area contributed by atoms with Crippen molar-refractivity contribution in [1.82, 2.24) is 10.3 Å². The molecule has 0 atom stereocenters. The van der Waals surface area contributed by atoms with Crippen LogP contribution in [0, 0.1) is 0 Å². The van der Waals surface area contributed by atoms with Crippen LogP contribution in [0.2, 0.25) is 0 Å². The number of carbonyl (C=O) groups excluding carboxylic acids is 2. The molecule has 0 bridgehead atoms. The molecule has 1 aromatic carbocycles. The molecule has 0 aliphatic heterocycles. The summed E-state index contributed by atoms with van der Waals surface area (Å²) >= 11 is 1.28. The zero-order valence-corrected chi connectivity index (χ0v) is 13.7. The third-order valence-corrected chi connectivity index (χ3v) is 4.03. The monoisotopic (exact) mass is 345 g/mol. The maximum atomic E-state index is 11.9. The molecule has 0 saturated carbocycles. The van der Waals surface area contributed by atoms with Crippen LogP contribution >= 0.6 is 11.3 Å². The standard InChI is InChI=1S/C16H15N3O4S/c1-2-22-10-5-6-12-13(8-10)24-16(18-12)19-15(21)14(20)17-9-11-4-3-7-23-11/h3-8H,2,9H2,1H3,(H,17,20)(H,18,19,21). The number of benzene rings is 1. The molecule has 2 aromatic heterocycles. The van der Waals surface area contributed by atoms with Gasteiger partial charge in [0.1, 0.15) is 11.5 Å². The van der Waals surface area contributed by atoms with Gasteiger partial charge in [0.25, 0.3) is 0 Å². The van der Waals surface area contributed by atoms with Crippen LogP contribution in [0.3, 0.4) is 0 Å². The fourth-order valence-electron chi connectivity index (χ4n) is 2.03. The number of nitrogens with zero attached hydrogens (tertiary/aromatic N) is 1. The average molecular weight is 345 g/mol. The van der Waals surface area contributed by atoms with Gasteiger partial charge in [0.15, 0.2) is 5.13 Å². The fraction of sp³-hybridized carbons (Fsp3) is 0.188. The van der Waals surface area contributed by atoms with Crippen molar-refractivity contribution in [1.29, 1.82) is 0 Å². The lowest BCUT2D eigenvalue weighted by molar-refractivity contribution is -0.136. The zero-order chi connectivity index (χ0) is 16.9. The molecular weight excluding hydrogens is 330 g/mol. The number of thiazole rings is 1. The van der Waals surface area contributed by atoms with Crippen molar-refractivity contribution < 1.29 is 18.7 Å². The first-order valence-corrected chi connectivity index (χ1v) is 8.12. The van der Waals surface area contributed by atoms with Crippen molar-refractivity contribution >= 4 is 38.5 Å². The van der Waals surface area contributed by atoms with Crippen LogP contribution in [0.1, 0.15) is 12.7 Å². The molecule has 8 heteroatoms. The van der Waals surface area contributed by atoms with E-state index in [1.54, 1.807) is 12.1 Å². The summed E-state index contributed by atoms with van der Waals surface area (Å²) in [5.41, 5.74) is 0.731. The van der Waals surface area contributed by atoms with Gasteiger partial charge in [0, 0.05) is 0 Å². The normalized spacial score (nSPS) is 10.5. The maximum Gasteiger partial charge on any atom is 0.315 e. The summed E-state index contributed by atoms with van der Waals surface area (Å²) in [5.74, 6) is -0.214. The van der Waals surface area contributed by atoms with E-state index >= 15 is 0 Å². The molecule has 2 amide bonds. The van der Waals surface area contributed by atoms with E-state index < -0.39 is 11.8 Å². The summed E-state index contributed by atoms with van der Waals surface area (Å²) < 4.78 is 11.4. The van der Waals surface area contributed by atoms with Crippen LogP contribution in [0.25, 0.3) is 10.2 Å². The van der Waals surface area contributed by atoms with Crippen molar-refractivity contribution in [2.75, 3.05) is 11.9 Å². The van der Waals surface area contributed by atoms with Gasteiger partial charge in [-0.25, -0.2) is 4.98 Å². The summed E-state index contributed by atoms with van der Waals surface area (Å²) in [7, 11) is 0. The largest absolute Gasteiger partial charge is 0.494 e. The Labute approximate surface area is 141 Å². The molecule has 0 aliphatic carbocycles. The lowest BCUT2D eigenvalue weighted by Gasteiger charge is -2.02. The SMILES string of the molecule is CCOc1ccc2nc(NC(=O)C(=O)NCc3ccco3)sc2c1. The highest BCUT2D eigenvalue weighted by Crippen LogP contribution is 2.29. The number of nitrogens with one attached hydrogen (secondary N) is 2. The first kappa shape index (κ1) is 16.0. The molecule has 0 saturated heterocycles. The van der Waals surface area contributed by atoms with E-state index in [0.29, 0.717) is 17.5 Å². The van der Waals surface area contributed by atoms with Gasteiger partial charge in [0.05, 0.1) is 29.6 Å². The third kappa shape index (κ3) is 3.72. The number of hydrogen-bond donors (Lipinski definition) is 2. The highest BCUT2D eigenvalue weighted by Gasteiger charge is 2.16. The minimum Gasteiger partial charge on any atom is -0.494 e. The molecule has 0 unspecified atom stereocenters. The number of rotatable bonds is 5. The Balaban J connectivity index is 1.63. The van der Waals surface area contributed by atoms with Gasteiger partial charge < -0.3 is 14.5 Å². The van der Waals surface area contributed by atoms with E-state index in [-0.39, 0.29) is 6.54 Å². The van der Waals surface area contributed by atoms with E-state index in [0.717, 1.165) is 16.0 Å². The summed E-state index contributed by atoms with van der Waals surface area (Å²) in [6, 6.07) is 8.89. The number of carbonyl (C=O) groups is 2. The molecule has 0 aliphatic rings. The fourth-order valence-corrected chi connectivity index (χ4v) is 2.92. The summed E-state index contributed by atoms with van der Waals surface area (Å²) in [6.07, 6.45) is 1.50. The topological polar surface area (TPSA) is 93.5 Å². The molecule has 3 aromatic rings. The van der Waals surface area contributed by atoms with Gasteiger partial charge in [-0.3, -0.25) is 14.9 Å². The Hall–Kier alpha value is -2.87. The third-order valence-electron chi connectivity index (χ3n) is 3.10. The van der Waals surface area contributed by atoms with Crippen LogP contribution < -0.4 is 15.4 Å². The number of amides is 2. The first-order valence-electron chi connectivity index (χ1n) is 7.30. The predicted molar refractivity (Wildman–Crippen MR) is 90.0 cm³/mol. The Morgan fingerprint density at radius 3 is 2.92 bits per heavy atom. The minimum absolute atomic E-state index is 0.150. The zero-order valence-electron chi connectivity index (χ0n) is 12.9. The molecule has 0 fully saturated rings. The molecular formula is C16H15N3O4S. The molecule has 7 nitrogen and oxygen atoms in total. The van der Waals surface area contributed by atoms with Crippen molar-refractivity contribution in [2.45, 2.75) is 13.5 Å². The van der Waals surface area contributed by atoms with Crippen molar-refractivity contribution in [3.8, 4) is 5.75 Å². The number of anilines is 1. The second kappa shape index (κ2) is 7.14. The van der Waals surface area contributed by atoms with Gasteiger partial charge in [-0.2, -0.15) is 0 Å². The van der Waals surface area contributed by atoms with E-state index in [1.807, 2.05) is 25.1 Å². The smallest absolute Gasteiger partial charge is 0.315 e. The molecule has 3 rings (SSSR count). The highest BCUT2D eigenvalue weighted by molar-refractivity contribution is 7.22. The molecule has 0 radical (unpaired) electrons. The molecule has 124 valence electrons. The maximum absolute atomic E-state index is 11.9. The van der Waals surface area contributed by atoms with Crippen molar-refractivity contribution in [2.24, 2.45) is 0 Å². The predicted octanol–water partition coefficient (Wildman–Crippen LogP) is 2.54. The Morgan fingerprint density at radius 1 is 1.29 bits per heavy atom. The van der Waals surface area contributed by atoms with Gasteiger partial charge >= 0.3 is 11.8 Å². The van der Waals surface area contributed by atoms with Crippen LogP contribution in [-0.4, -0.2) is 23.4 Å². The average Bonchev–Trinajstić information content (AvgIpc) is 3.21. The van der Waals surface area contributed by atoms with E-state index in [9.17, 15) is 9.59 Å². The van der Waals surface area contributed by atoms with E-state index in [2.05, 4.69) is 15.6 Å². The highest BCUT2D eigenvalue weighted by atomic mass is 32.1. The Morgan fingerprint density at radius 2 is 2.17 bits per heavy atom. The molecule has 2 heterocycles. The molecule has 24 heavy (non-hydrogen) atoms. The summed E-state index contributed by atoms with van der Waals surface area (Å²) in [4.78, 5) is 28.0. The second-order valence-corrected chi connectivity index (χ2v) is 5.83. The summed E-state index contributed by atoms with van der Waals surface area (Å²) in [6.45, 7) is 2.63. The van der Waals surface area contributed by atoms with E-state index in [1.165, 1.54) is 17.6 Å². The number of furan rings is 1. The van der Waals surface area contributed by atoms with Gasteiger partial charge in [-0.1, -0.05) is 11.3 Å². The number of fused-ring (bicyclic) bond motifs is 1. The number of aromatic nitrogens is 1. The van der Waals surface area contributed by atoms with Crippen LogP contribution in [0.15, 0.2) is 41.0 Å². The van der Waals surface area contributed by atoms with Crippen LogP contribution in [0.5, 0.6) is 5.75 Å². The first-order chi connectivity index (χ1) is 11.7. The minimum atomic E-state index is -0.773. The summed E-state index contributed by atoms with van der Waals surface area (Å²) in [5, 5.41) is 5.33. The second-order valence-electron chi connectivity index (χ2n) is 4.80. The molecule has 0 spiro atoms. The van der Waals surface area contributed by atoms with Crippen molar-refractivity contribution in [3.63, 3.8) is 0 Å². The van der Waals surface area contributed by atoms with E-state index in [4.69, 9.17) is 9.15 Å². The Kier molecular flexibility index (Phi) is 4.76. The lowest BCUT2D eigenvalue weighted by Crippen LogP contribution is -2.34. The quantitative estimate of drug-likeness (QED) is 0.693. The van der Waals surface area contributed by atoms with Crippen molar-refractivity contribution in [3.05, 3.63) is 42.4 Å². The van der Waals surface area contributed by atoms with Gasteiger partial charge in [0.2, 0.25) is 0 Å². The Bertz CT molecular complexity index is 857. The lowest BCUT2D eigenvalue weighted by atomic mass is 10.3. The number of ether oxygens (including phenoxy) is 1. The van der Waals surface area contributed by atoms with Gasteiger partial charge in [-0.15, -0.1) is 0 Å². The van der Waals surface area contributed by atoms with Crippen LogP contribution in [-0.2, 0) is 16.1 Å². The van der Waals surface area contributed by atoms with Crippen LogP contribution in [0.4, 0.5) is 5.13 Å².